The summed E-state index contributed by atoms with van der Waals surface area (Å²) in [6, 6.07) is 6.87. The molecule has 20 heavy (non-hydrogen) atoms. The Morgan fingerprint density at radius 3 is 2.70 bits per heavy atom. The van der Waals surface area contributed by atoms with Gasteiger partial charge in [0.05, 0.1) is 0 Å². The Morgan fingerprint density at radius 1 is 1.40 bits per heavy atom. The molecule has 2 N–H and O–H groups in total. The fraction of sp³-hybridized carbons (Fsp3) is 0.0714. The molecule has 100 valence electrons. The minimum Gasteiger partial charge on any atom is -0.478 e. The summed E-state index contributed by atoms with van der Waals surface area (Å²) in [6.45, 7) is 1.59. The molecule has 1 aromatic heterocycles. The monoisotopic (exact) mass is 272 g/mol. The van der Waals surface area contributed by atoms with Crippen LogP contribution in [0.15, 0.2) is 29.1 Å². The number of carbonyl (C=O) groups is 1. The molecule has 0 amide bonds. The van der Waals surface area contributed by atoms with E-state index in [-0.39, 0.29) is 16.7 Å². The third-order valence-corrected chi connectivity index (χ3v) is 2.80. The molecule has 0 spiro atoms. The smallest absolute Gasteiger partial charge is 0.339 e. The van der Waals surface area contributed by atoms with E-state index < -0.39 is 22.9 Å². The van der Waals surface area contributed by atoms with Gasteiger partial charge in [0.2, 0.25) is 0 Å². The van der Waals surface area contributed by atoms with Crippen molar-refractivity contribution in [2.24, 2.45) is 0 Å². The molecule has 0 saturated heterocycles. The fourth-order valence-electron chi connectivity index (χ4n) is 1.98. The molecular weight excluding hydrogens is 263 g/mol. The van der Waals surface area contributed by atoms with Crippen LogP contribution in [0.1, 0.15) is 21.6 Å². The number of hydrogen-bond acceptors (Lipinski definition) is 3. The SMILES string of the molecule is Cc1cc(-c2cccc(F)c2C(=O)O)c(C#N)c(=O)[nH]1. The van der Waals surface area contributed by atoms with Gasteiger partial charge in [-0.15, -0.1) is 0 Å². The summed E-state index contributed by atoms with van der Waals surface area (Å²) in [5.74, 6) is -2.38. The molecule has 0 aliphatic carbocycles. The second-order valence-electron chi connectivity index (χ2n) is 4.15. The first kappa shape index (κ1) is 13.5. The summed E-state index contributed by atoms with van der Waals surface area (Å²) in [4.78, 5) is 25.3. The van der Waals surface area contributed by atoms with Gasteiger partial charge in [0.25, 0.3) is 5.56 Å². The molecule has 0 unspecified atom stereocenters. The number of pyridine rings is 1. The molecule has 0 atom stereocenters. The van der Waals surface area contributed by atoms with Crippen LogP contribution in [0.25, 0.3) is 11.1 Å². The Bertz CT molecular complexity index is 803. The highest BCUT2D eigenvalue weighted by molar-refractivity contribution is 5.97. The largest absolute Gasteiger partial charge is 0.478 e. The second-order valence-corrected chi connectivity index (χ2v) is 4.15. The van der Waals surface area contributed by atoms with Crippen molar-refractivity contribution in [3.8, 4) is 17.2 Å². The first-order valence-corrected chi connectivity index (χ1v) is 5.62. The number of aromatic carboxylic acids is 1. The van der Waals surface area contributed by atoms with E-state index >= 15 is 0 Å². The highest BCUT2D eigenvalue weighted by Gasteiger charge is 2.20. The minimum atomic E-state index is -1.46. The van der Waals surface area contributed by atoms with Crippen LogP contribution in [0, 0.1) is 24.1 Å². The number of aromatic amines is 1. The third-order valence-electron chi connectivity index (χ3n) is 2.80. The lowest BCUT2D eigenvalue weighted by atomic mass is 9.96. The highest BCUT2D eigenvalue weighted by atomic mass is 19.1. The molecule has 6 heteroatoms. The number of H-pyrrole nitrogens is 1. The van der Waals surface area contributed by atoms with E-state index in [1.165, 1.54) is 18.2 Å². The first-order chi connectivity index (χ1) is 9.45. The molecule has 0 fully saturated rings. The van der Waals surface area contributed by atoms with Crippen molar-refractivity contribution in [2.75, 3.05) is 0 Å². The average molecular weight is 272 g/mol. The Morgan fingerprint density at radius 2 is 2.10 bits per heavy atom. The minimum absolute atomic E-state index is 0.00301. The molecule has 2 aromatic rings. The quantitative estimate of drug-likeness (QED) is 0.874. The number of halogens is 1. The van der Waals surface area contributed by atoms with Gasteiger partial charge in [0.1, 0.15) is 23.0 Å². The zero-order valence-corrected chi connectivity index (χ0v) is 10.4. The lowest BCUT2D eigenvalue weighted by Crippen LogP contribution is -2.14. The van der Waals surface area contributed by atoms with Crippen molar-refractivity contribution >= 4 is 5.97 Å². The van der Waals surface area contributed by atoms with E-state index in [0.29, 0.717) is 5.69 Å². The van der Waals surface area contributed by atoms with Crippen LogP contribution in [-0.2, 0) is 0 Å². The lowest BCUT2D eigenvalue weighted by Gasteiger charge is -2.09. The van der Waals surface area contributed by atoms with Crippen molar-refractivity contribution in [2.45, 2.75) is 6.92 Å². The number of aryl methyl sites for hydroxylation is 1. The second kappa shape index (κ2) is 4.97. The van der Waals surface area contributed by atoms with Gasteiger partial charge in [0, 0.05) is 16.8 Å². The Kier molecular flexibility index (Phi) is 3.36. The Balaban J connectivity index is 2.90. The van der Waals surface area contributed by atoms with Gasteiger partial charge in [0.15, 0.2) is 0 Å². The van der Waals surface area contributed by atoms with Crippen molar-refractivity contribution in [3.63, 3.8) is 0 Å². The number of rotatable bonds is 2. The van der Waals surface area contributed by atoms with Crippen LogP contribution < -0.4 is 5.56 Å². The predicted octanol–water partition coefficient (Wildman–Crippen LogP) is 2.06. The highest BCUT2D eigenvalue weighted by Crippen LogP contribution is 2.27. The number of aromatic nitrogens is 1. The van der Waals surface area contributed by atoms with Crippen LogP contribution in [0.2, 0.25) is 0 Å². The van der Waals surface area contributed by atoms with Gasteiger partial charge in [-0.3, -0.25) is 4.79 Å². The number of nitrogens with one attached hydrogen (secondary N) is 1. The van der Waals surface area contributed by atoms with Crippen molar-refractivity contribution in [3.05, 3.63) is 57.3 Å². The molecule has 0 bridgehead atoms. The molecule has 0 radical (unpaired) electrons. The summed E-state index contributed by atoms with van der Waals surface area (Å²) in [6.07, 6.45) is 0. The van der Waals surface area contributed by atoms with Gasteiger partial charge in [-0.25, -0.2) is 9.18 Å². The number of carboxylic acid groups (broad SMARTS) is 1. The third kappa shape index (κ3) is 2.17. The molecule has 5 nitrogen and oxygen atoms in total. The van der Waals surface area contributed by atoms with Crippen molar-refractivity contribution in [1.29, 1.82) is 5.26 Å². The standard InChI is InChI=1S/C14H9FN2O3/c1-7-5-9(10(6-16)13(18)17-7)8-3-2-4-11(15)12(8)14(19)20/h2-5H,1H3,(H,17,18)(H,19,20). The maximum atomic E-state index is 13.7. The molecule has 2 rings (SSSR count). The van der Waals surface area contributed by atoms with Gasteiger partial charge >= 0.3 is 5.97 Å². The van der Waals surface area contributed by atoms with Crippen LogP contribution in [0.4, 0.5) is 4.39 Å². The lowest BCUT2D eigenvalue weighted by molar-refractivity contribution is 0.0693. The van der Waals surface area contributed by atoms with E-state index in [1.54, 1.807) is 13.0 Å². The first-order valence-electron chi connectivity index (χ1n) is 5.62. The number of carboxylic acids is 1. The maximum absolute atomic E-state index is 13.7. The number of benzene rings is 1. The van der Waals surface area contributed by atoms with Gasteiger partial charge < -0.3 is 10.1 Å². The van der Waals surface area contributed by atoms with Crippen LogP contribution in [-0.4, -0.2) is 16.1 Å². The summed E-state index contributed by atoms with van der Waals surface area (Å²) < 4.78 is 13.7. The van der Waals surface area contributed by atoms with Crippen LogP contribution in [0.3, 0.4) is 0 Å². The van der Waals surface area contributed by atoms with E-state index in [1.807, 2.05) is 0 Å². The van der Waals surface area contributed by atoms with E-state index in [2.05, 4.69) is 4.98 Å². The Labute approximate surface area is 112 Å². The van der Waals surface area contributed by atoms with E-state index in [9.17, 15) is 14.0 Å². The van der Waals surface area contributed by atoms with Gasteiger partial charge in [-0.2, -0.15) is 5.26 Å². The predicted molar refractivity (Wildman–Crippen MR) is 68.9 cm³/mol. The maximum Gasteiger partial charge on any atom is 0.339 e. The van der Waals surface area contributed by atoms with Crippen molar-refractivity contribution in [1.82, 2.24) is 4.98 Å². The topological polar surface area (TPSA) is 93.9 Å². The molecule has 1 aromatic carbocycles. The zero-order chi connectivity index (χ0) is 14.9. The van der Waals surface area contributed by atoms with Gasteiger partial charge in [-0.05, 0) is 19.1 Å². The fourth-order valence-corrected chi connectivity index (χ4v) is 1.98. The Hall–Kier alpha value is -2.94. The summed E-state index contributed by atoms with van der Waals surface area (Å²) >= 11 is 0. The molecule has 0 aliphatic heterocycles. The van der Waals surface area contributed by atoms with Gasteiger partial charge in [-0.1, -0.05) is 12.1 Å². The normalized spacial score (nSPS) is 10.1. The molecule has 0 aliphatic rings. The zero-order valence-electron chi connectivity index (χ0n) is 10.4. The summed E-state index contributed by atoms with van der Waals surface area (Å²) in [5.41, 5.74) is -0.890. The van der Waals surface area contributed by atoms with E-state index in [0.717, 1.165) is 6.07 Å². The van der Waals surface area contributed by atoms with Crippen LogP contribution >= 0.6 is 0 Å². The average Bonchev–Trinajstić information content (AvgIpc) is 2.37. The molecule has 0 saturated carbocycles. The van der Waals surface area contributed by atoms with E-state index in [4.69, 9.17) is 10.4 Å². The van der Waals surface area contributed by atoms with Crippen LogP contribution in [0.5, 0.6) is 0 Å². The number of nitriles is 1. The molecular formula is C14H9FN2O3. The summed E-state index contributed by atoms with van der Waals surface area (Å²) in [7, 11) is 0. The number of hydrogen-bond donors (Lipinski definition) is 2. The number of nitrogens with zero attached hydrogens (tertiary/aromatic N) is 1. The summed E-state index contributed by atoms with van der Waals surface area (Å²) in [5, 5.41) is 18.1. The molecule has 1 heterocycles. The van der Waals surface area contributed by atoms with Crippen molar-refractivity contribution < 1.29 is 14.3 Å².